The summed E-state index contributed by atoms with van der Waals surface area (Å²) in [4.78, 5) is 0.178. The molecule has 7 heteroatoms. The molecule has 0 unspecified atom stereocenters. The van der Waals surface area contributed by atoms with Crippen LogP contribution in [0.15, 0.2) is 20.0 Å². The highest BCUT2D eigenvalue weighted by atomic mass is 79.9. The fourth-order valence-corrected chi connectivity index (χ4v) is 4.89. The predicted molar refractivity (Wildman–Crippen MR) is 80.7 cm³/mol. The van der Waals surface area contributed by atoms with Crippen LogP contribution in [0.4, 0.5) is 0 Å². The third-order valence-corrected chi connectivity index (χ3v) is 6.58. The molecule has 0 saturated carbocycles. The van der Waals surface area contributed by atoms with Gasteiger partial charge in [0.2, 0.25) is 10.0 Å². The molecule has 0 atom stereocenters. The number of nitrogens with zero attached hydrogens (tertiary/aromatic N) is 1. The first-order chi connectivity index (χ1) is 9.26. The number of rotatable bonds is 3. The molecule has 0 spiro atoms. The topological polar surface area (TPSA) is 76.5 Å². The van der Waals surface area contributed by atoms with E-state index < -0.39 is 10.0 Å². The molecule has 2 N–H and O–H groups in total. The number of hydrogen-bond acceptors (Lipinski definition) is 4. The third kappa shape index (κ3) is 3.27. The average Bonchev–Trinajstić information content (AvgIpc) is 2.64. The minimum Gasteiger partial charge on any atom is -0.452 e. The normalized spacial score (nSPS) is 20.8. The van der Waals surface area contributed by atoms with E-state index >= 15 is 0 Å². The second-order valence-electron chi connectivity index (χ2n) is 5.98. The molecule has 2 heterocycles. The number of halogens is 1. The molecule has 1 aromatic heterocycles. The molecule has 2 rings (SSSR count). The van der Waals surface area contributed by atoms with Crippen molar-refractivity contribution in [1.82, 2.24) is 4.31 Å². The van der Waals surface area contributed by atoms with E-state index in [0.29, 0.717) is 18.8 Å². The van der Waals surface area contributed by atoms with Crippen LogP contribution < -0.4 is 5.73 Å². The second-order valence-corrected chi connectivity index (χ2v) is 8.60. The van der Waals surface area contributed by atoms with Crippen LogP contribution >= 0.6 is 15.9 Å². The van der Waals surface area contributed by atoms with E-state index in [1.165, 1.54) is 6.07 Å². The lowest BCUT2D eigenvalue weighted by atomic mass is 9.85. The zero-order valence-corrected chi connectivity index (χ0v) is 14.3. The van der Waals surface area contributed by atoms with Crippen LogP contribution in [-0.4, -0.2) is 25.8 Å². The lowest BCUT2D eigenvalue weighted by Crippen LogP contribution is -2.32. The summed E-state index contributed by atoms with van der Waals surface area (Å²) in [6, 6.07) is 1.51. The summed E-state index contributed by atoms with van der Waals surface area (Å²) in [7, 11) is -3.52. The second kappa shape index (κ2) is 5.79. The first kappa shape index (κ1) is 16.0. The van der Waals surface area contributed by atoms with Gasteiger partial charge in [-0.2, -0.15) is 4.31 Å². The van der Waals surface area contributed by atoms with Gasteiger partial charge in [-0.1, -0.05) is 13.8 Å². The zero-order valence-electron chi connectivity index (χ0n) is 11.9. The Morgan fingerprint density at radius 2 is 2.10 bits per heavy atom. The van der Waals surface area contributed by atoms with Crippen LogP contribution in [0.3, 0.4) is 0 Å². The summed E-state index contributed by atoms with van der Waals surface area (Å²) in [5, 5.41) is 0. The first-order valence-corrected chi connectivity index (χ1v) is 8.98. The Morgan fingerprint density at radius 3 is 2.70 bits per heavy atom. The predicted octanol–water partition coefficient (Wildman–Crippen LogP) is 2.70. The smallest absolute Gasteiger partial charge is 0.247 e. The van der Waals surface area contributed by atoms with Gasteiger partial charge in [0.25, 0.3) is 0 Å². The molecular formula is C13H21BrN2O3S. The molecule has 1 saturated heterocycles. The van der Waals surface area contributed by atoms with Crippen molar-refractivity contribution in [2.45, 2.75) is 44.6 Å². The molecule has 0 radical (unpaired) electrons. The van der Waals surface area contributed by atoms with Crippen LogP contribution in [0.25, 0.3) is 0 Å². The molecule has 0 aliphatic carbocycles. The summed E-state index contributed by atoms with van der Waals surface area (Å²) >= 11 is 3.17. The molecule has 114 valence electrons. The lowest BCUT2D eigenvalue weighted by molar-refractivity contribution is 0.314. The van der Waals surface area contributed by atoms with Crippen LogP contribution in [0.1, 0.15) is 38.9 Å². The lowest BCUT2D eigenvalue weighted by Gasteiger charge is -2.22. The molecule has 0 bridgehead atoms. The van der Waals surface area contributed by atoms with Crippen molar-refractivity contribution in [1.29, 1.82) is 0 Å². The van der Waals surface area contributed by atoms with Crippen LogP contribution in [0.5, 0.6) is 0 Å². The Balaban J connectivity index is 2.28. The van der Waals surface area contributed by atoms with Crippen molar-refractivity contribution in [3.63, 3.8) is 0 Å². The van der Waals surface area contributed by atoms with Gasteiger partial charge in [-0.3, -0.25) is 0 Å². The van der Waals surface area contributed by atoms with Crippen molar-refractivity contribution >= 4 is 26.0 Å². The van der Waals surface area contributed by atoms with Crippen LogP contribution in [0.2, 0.25) is 0 Å². The molecule has 1 aromatic rings. The molecule has 1 aliphatic rings. The highest BCUT2D eigenvalue weighted by Crippen LogP contribution is 2.34. The van der Waals surface area contributed by atoms with Crippen LogP contribution in [0, 0.1) is 5.41 Å². The van der Waals surface area contributed by atoms with E-state index in [2.05, 4.69) is 29.8 Å². The Hall–Kier alpha value is -0.370. The van der Waals surface area contributed by atoms with E-state index in [9.17, 15) is 8.42 Å². The maximum absolute atomic E-state index is 12.7. The maximum Gasteiger partial charge on any atom is 0.247 e. The minimum atomic E-state index is -3.52. The first-order valence-electron chi connectivity index (χ1n) is 6.75. The molecule has 1 aliphatic heterocycles. The highest BCUT2D eigenvalue weighted by molar-refractivity contribution is 9.10. The fourth-order valence-electron chi connectivity index (χ4n) is 2.45. The van der Waals surface area contributed by atoms with E-state index in [0.717, 1.165) is 19.3 Å². The van der Waals surface area contributed by atoms with Gasteiger partial charge in [-0.25, -0.2) is 8.42 Å². The third-order valence-electron chi connectivity index (χ3n) is 3.82. The van der Waals surface area contributed by atoms with E-state index in [1.807, 2.05) is 0 Å². The Labute approximate surface area is 128 Å². The average molecular weight is 365 g/mol. The molecule has 1 fully saturated rings. The Morgan fingerprint density at radius 1 is 1.40 bits per heavy atom. The number of hydrogen-bond donors (Lipinski definition) is 1. The minimum absolute atomic E-state index is 0.178. The van der Waals surface area contributed by atoms with E-state index in [1.54, 1.807) is 4.31 Å². The van der Waals surface area contributed by atoms with Crippen molar-refractivity contribution in [3.8, 4) is 0 Å². The van der Waals surface area contributed by atoms with Crippen molar-refractivity contribution in [2.24, 2.45) is 11.1 Å². The molecule has 20 heavy (non-hydrogen) atoms. The van der Waals surface area contributed by atoms with Crippen LogP contribution in [-0.2, 0) is 16.6 Å². The molecular weight excluding hydrogens is 344 g/mol. The van der Waals surface area contributed by atoms with Gasteiger partial charge in [-0.05, 0) is 40.6 Å². The number of nitrogens with two attached hydrogens (primary N) is 1. The molecule has 5 nitrogen and oxygen atoms in total. The van der Waals surface area contributed by atoms with Gasteiger partial charge < -0.3 is 10.2 Å². The number of sulfonamides is 1. The Bertz CT molecular complexity index is 580. The summed E-state index contributed by atoms with van der Waals surface area (Å²) in [5.41, 5.74) is 5.69. The Kier molecular flexibility index (Phi) is 4.63. The summed E-state index contributed by atoms with van der Waals surface area (Å²) in [6.07, 6.45) is 2.79. The van der Waals surface area contributed by atoms with Crippen molar-refractivity contribution in [3.05, 3.63) is 16.5 Å². The van der Waals surface area contributed by atoms with E-state index in [-0.39, 0.29) is 21.5 Å². The quantitative estimate of drug-likeness (QED) is 0.894. The largest absolute Gasteiger partial charge is 0.452 e. The highest BCUT2D eigenvalue weighted by Gasteiger charge is 2.33. The molecule has 0 aromatic carbocycles. The maximum atomic E-state index is 12.7. The van der Waals surface area contributed by atoms with Gasteiger partial charge >= 0.3 is 0 Å². The van der Waals surface area contributed by atoms with Gasteiger partial charge in [0, 0.05) is 19.2 Å². The summed E-state index contributed by atoms with van der Waals surface area (Å²) in [6.45, 7) is 5.65. The SMILES string of the molecule is CC1(C)CCCN(S(=O)(=O)c2cc(CN)oc2Br)CC1. The summed E-state index contributed by atoms with van der Waals surface area (Å²) in [5.74, 6) is 0.464. The molecule has 0 amide bonds. The van der Waals surface area contributed by atoms with Gasteiger partial charge in [0.05, 0.1) is 6.54 Å². The van der Waals surface area contributed by atoms with Gasteiger partial charge in [0.1, 0.15) is 10.7 Å². The van der Waals surface area contributed by atoms with Crippen molar-refractivity contribution < 1.29 is 12.8 Å². The fraction of sp³-hybridized carbons (Fsp3) is 0.692. The van der Waals surface area contributed by atoms with Crippen molar-refractivity contribution in [2.75, 3.05) is 13.1 Å². The zero-order chi connectivity index (χ0) is 15.0. The number of furan rings is 1. The van der Waals surface area contributed by atoms with Gasteiger partial charge in [-0.15, -0.1) is 0 Å². The standard InChI is InChI=1S/C13H21BrN2O3S/c1-13(2)4-3-6-16(7-5-13)20(17,18)11-8-10(9-15)19-12(11)14/h8H,3-7,9,15H2,1-2H3. The monoisotopic (exact) mass is 364 g/mol. The van der Waals surface area contributed by atoms with Gasteiger partial charge in [0.15, 0.2) is 4.67 Å². The van der Waals surface area contributed by atoms with E-state index in [4.69, 9.17) is 10.2 Å². The summed E-state index contributed by atoms with van der Waals surface area (Å²) < 4.78 is 32.5.